The molecule has 0 amide bonds. The fraction of sp³-hybridized carbons (Fsp3) is 0.603. The highest BCUT2D eigenvalue weighted by molar-refractivity contribution is 5.71. The van der Waals surface area contributed by atoms with Gasteiger partial charge in [-0.05, 0) is 103 Å². The molecular formula is C63H100O6. The molecule has 0 aromatic heterocycles. The molecule has 0 rings (SSSR count). The van der Waals surface area contributed by atoms with Crippen molar-refractivity contribution in [3.05, 3.63) is 134 Å². The molecule has 1 atom stereocenters. The Morgan fingerprint density at radius 3 is 0.942 bits per heavy atom. The Morgan fingerprint density at radius 1 is 0.304 bits per heavy atom. The Kier molecular flexibility index (Phi) is 52.5. The fourth-order valence-corrected chi connectivity index (χ4v) is 7.08. The summed E-state index contributed by atoms with van der Waals surface area (Å²) in [6, 6.07) is 0. The minimum atomic E-state index is -0.815. The minimum Gasteiger partial charge on any atom is -0.462 e. The first-order chi connectivity index (χ1) is 34.0. The summed E-state index contributed by atoms with van der Waals surface area (Å²) in [7, 11) is 0. The first-order valence-electron chi connectivity index (χ1n) is 27.7. The standard InChI is InChI=1S/C63H100O6/c1-4-7-10-13-15-17-19-21-22-23-24-25-26-27-28-29-30-31-32-33-34-35-36-37-38-39-40-42-43-45-47-50-53-56-62(65)68-59-60(58-67-61(64)55-52-49-12-9-6-3)69-63(66)57-54-51-48-46-44-41-20-18-16-14-11-8-5-2/h7-8,10-11,15-18,21-22,24-25,27-28,30-31,33-34,41,44,48,51,60H,4-6,9,12-14,19-20,23,26,29,32,35-40,42-43,45-47,49-50,52-59H2,1-3H3/b10-7-,11-8-,17-15-,18-16-,22-21-,25-24-,28-27-,31-30-,34-33-,44-41-,51-48-. The molecule has 0 heterocycles. The van der Waals surface area contributed by atoms with E-state index in [1.807, 2.05) is 12.2 Å². The van der Waals surface area contributed by atoms with E-state index in [-0.39, 0.29) is 31.6 Å². The minimum absolute atomic E-state index is 0.111. The number of carbonyl (C=O) groups is 3. The van der Waals surface area contributed by atoms with Crippen molar-refractivity contribution in [1.29, 1.82) is 0 Å². The Morgan fingerprint density at radius 2 is 0.594 bits per heavy atom. The lowest BCUT2D eigenvalue weighted by atomic mass is 10.0. The number of esters is 3. The number of hydrogen-bond donors (Lipinski definition) is 0. The van der Waals surface area contributed by atoms with Crippen LogP contribution in [0.3, 0.4) is 0 Å². The van der Waals surface area contributed by atoms with E-state index in [4.69, 9.17) is 14.2 Å². The molecule has 0 aliphatic heterocycles. The van der Waals surface area contributed by atoms with Gasteiger partial charge in [-0.25, -0.2) is 0 Å². The van der Waals surface area contributed by atoms with E-state index in [1.54, 1.807) is 0 Å². The van der Waals surface area contributed by atoms with Crippen molar-refractivity contribution in [2.45, 2.75) is 232 Å². The number of rotatable bonds is 48. The van der Waals surface area contributed by atoms with E-state index in [1.165, 1.54) is 57.8 Å². The average Bonchev–Trinajstić information content (AvgIpc) is 3.35. The normalized spacial score (nSPS) is 13.1. The van der Waals surface area contributed by atoms with Crippen LogP contribution in [0.15, 0.2) is 134 Å². The van der Waals surface area contributed by atoms with Gasteiger partial charge in [0.1, 0.15) is 13.2 Å². The van der Waals surface area contributed by atoms with E-state index in [2.05, 4.69) is 142 Å². The van der Waals surface area contributed by atoms with Crippen LogP contribution in [0.5, 0.6) is 0 Å². The Bertz CT molecular complexity index is 1510. The first kappa shape index (κ1) is 64.5. The van der Waals surface area contributed by atoms with Crippen molar-refractivity contribution >= 4 is 17.9 Å². The highest BCUT2D eigenvalue weighted by Gasteiger charge is 2.19. The molecule has 69 heavy (non-hydrogen) atoms. The number of carbonyl (C=O) groups excluding carboxylic acids is 3. The second kappa shape index (κ2) is 56.1. The average molecular weight is 953 g/mol. The maximum absolute atomic E-state index is 12.7. The summed E-state index contributed by atoms with van der Waals surface area (Å²) in [5.74, 6) is -1.02. The second-order valence-electron chi connectivity index (χ2n) is 17.7. The van der Waals surface area contributed by atoms with Gasteiger partial charge in [0.15, 0.2) is 6.10 Å². The third kappa shape index (κ3) is 54.4. The van der Waals surface area contributed by atoms with Gasteiger partial charge in [0, 0.05) is 19.3 Å². The zero-order valence-electron chi connectivity index (χ0n) is 44.3. The lowest BCUT2D eigenvalue weighted by Crippen LogP contribution is -2.30. The van der Waals surface area contributed by atoms with Crippen molar-refractivity contribution in [2.24, 2.45) is 0 Å². The van der Waals surface area contributed by atoms with Gasteiger partial charge in [-0.3, -0.25) is 14.4 Å². The predicted molar refractivity (Wildman–Crippen MR) is 297 cm³/mol. The molecular weight excluding hydrogens is 853 g/mol. The molecule has 0 aromatic rings. The van der Waals surface area contributed by atoms with Gasteiger partial charge < -0.3 is 14.2 Å². The molecule has 0 spiro atoms. The summed E-state index contributed by atoms with van der Waals surface area (Å²) in [4.78, 5) is 37.6. The van der Waals surface area contributed by atoms with Gasteiger partial charge in [0.25, 0.3) is 0 Å². The van der Waals surface area contributed by atoms with Gasteiger partial charge in [-0.2, -0.15) is 0 Å². The monoisotopic (exact) mass is 953 g/mol. The molecule has 0 N–H and O–H groups in total. The lowest BCUT2D eigenvalue weighted by molar-refractivity contribution is -0.166. The van der Waals surface area contributed by atoms with Crippen LogP contribution in [-0.2, 0) is 28.6 Å². The molecule has 0 saturated heterocycles. The van der Waals surface area contributed by atoms with E-state index in [9.17, 15) is 14.4 Å². The molecule has 0 fully saturated rings. The maximum atomic E-state index is 12.7. The van der Waals surface area contributed by atoms with Crippen molar-refractivity contribution in [3.8, 4) is 0 Å². The largest absolute Gasteiger partial charge is 0.462 e. The van der Waals surface area contributed by atoms with Crippen LogP contribution in [0.4, 0.5) is 0 Å². The smallest absolute Gasteiger partial charge is 0.306 e. The van der Waals surface area contributed by atoms with E-state index in [0.29, 0.717) is 19.3 Å². The highest BCUT2D eigenvalue weighted by Crippen LogP contribution is 2.14. The molecule has 6 nitrogen and oxygen atoms in total. The van der Waals surface area contributed by atoms with Crippen LogP contribution in [0, 0.1) is 0 Å². The van der Waals surface area contributed by atoms with Crippen LogP contribution >= 0.6 is 0 Å². The third-order valence-corrected chi connectivity index (χ3v) is 11.2. The lowest BCUT2D eigenvalue weighted by Gasteiger charge is -2.18. The summed E-state index contributed by atoms with van der Waals surface area (Å²) < 4.78 is 16.6. The van der Waals surface area contributed by atoms with Crippen LogP contribution in [0.25, 0.3) is 0 Å². The molecule has 0 radical (unpaired) electrons. The van der Waals surface area contributed by atoms with Gasteiger partial charge in [-0.1, -0.05) is 238 Å². The molecule has 0 saturated carbocycles. The van der Waals surface area contributed by atoms with Crippen LogP contribution in [-0.4, -0.2) is 37.2 Å². The zero-order valence-corrected chi connectivity index (χ0v) is 44.3. The van der Waals surface area contributed by atoms with Gasteiger partial charge in [0.05, 0.1) is 0 Å². The molecule has 6 heteroatoms. The second-order valence-corrected chi connectivity index (χ2v) is 17.7. The number of hydrogen-bond acceptors (Lipinski definition) is 6. The van der Waals surface area contributed by atoms with Crippen molar-refractivity contribution in [1.82, 2.24) is 0 Å². The number of allylic oxidation sites excluding steroid dienone is 22. The van der Waals surface area contributed by atoms with Crippen molar-refractivity contribution < 1.29 is 28.6 Å². The summed E-state index contributed by atoms with van der Waals surface area (Å²) in [6.45, 7) is 6.23. The van der Waals surface area contributed by atoms with Gasteiger partial charge in [0.2, 0.25) is 0 Å². The van der Waals surface area contributed by atoms with Crippen molar-refractivity contribution in [2.75, 3.05) is 13.2 Å². The molecule has 388 valence electrons. The molecule has 0 aromatic carbocycles. The summed E-state index contributed by atoms with van der Waals surface area (Å²) >= 11 is 0. The Balaban J connectivity index is 4.07. The summed E-state index contributed by atoms with van der Waals surface area (Å²) in [5.41, 5.74) is 0. The van der Waals surface area contributed by atoms with Gasteiger partial charge in [-0.15, -0.1) is 0 Å². The Hall–Kier alpha value is -4.45. The van der Waals surface area contributed by atoms with E-state index < -0.39 is 12.1 Å². The van der Waals surface area contributed by atoms with Crippen LogP contribution in [0.2, 0.25) is 0 Å². The zero-order chi connectivity index (χ0) is 50.0. The summed E-state index contributed by atoms with van der Waals surface area (Å²) in [6.07, 6.45) is 79.4. The number of unbranched alkanes of at least 4 members (excludes halogenated alkanes) is 15. The molecule has 0 bridgehead atoms. The topological polar surface area (TPSA) is 78.9 Å². The van der Waals surface area contributed by atoms with Crippen LogP contribution < -0.4 is 0 Å². The van der Waals surface area contributed by atoms with Crippen molar-refractivity contribution in [3.63, 3.8) is 0 Å². The quantitative estimate of drug-likeness (QED) is 0.0262. The predicted octanol–water partition coefficient (Wildman–Crippen LogP) is 18.6. The first-order valence-corrected chi connectivity index (χ1v) is 27.7. The molecule has 0 aliphatic carbocycles. The molecule has 1 unspecified atom stereocenters. The van der Waals surface area contributed by atoms with Gasteiger partial charge >= 0.3 is 17.9 Å². The van der Waals surface area contributed by atoms with Crippen LogP contribution in [0.1, 0.15) is 226 Å². The SMILES string of the molecule is CC/C=C\C/C=C\C/C=C\C/C=C\C/C=C\C/C=C\C/C=C\CCCCCCCCCCCCCC(=O)OCC(COC(=O)CCCCCCC)OC(=O)CC/C=C\C/C=C\C/C=C\C/C=C\CC. The maximum Gasteiger partial charge on any atom is 0.306 e. The van der Waals surface area contributed by atoms with E-state index >= 15 is 0 Å². The Labute approximate surface area is 424 Å². The fourth-order valence-electron chi connectivity index (χ4n) is 7.08. The van der Waals surface area contributed by atoms with E-state index in [0.717, 1.165) is 122 Å². The summed E-state index contributed by atoms with van der Waals surface area (Å²) in [5, 5.41) is 0. The number of ether oxygens (including phenoxy) is 3. The highest BCUT2D eigenvalue weighted by atomic mass is 16.6. The third-order valence-electron chi connectivity index (χ3n) is 11.2. The molecule has 0 aliphatic rings.